The summed E-state index contributed by atoms with van der Waals surface area (Å²) in [4.78, 5) is 40.9. The van der Waals surface area contributed by atoms with Crippen molar-refractivity contribution in [1.29, 1.82) is 0 Å². The molecule has 4 rings (SSSR count). The van der Waals surface area contributed by atoms with Gasteiger partial charge in [0.25, 0.3) is 0 Å². The van der Waals surface area contributed by atoms with E-state index in [-0.39, 0.29) is 40.8 Å². The van der Waals surface area contributed by atoms with Crippen LogP contribution in [-0.2, 0) is 14.4 Å². The second-order valence-electron chi connectivity index (χ2n) is 8.24. The Kier molecular flexibility index (Phi) is 5.18. The minimum absolute atomic E-state index is 0.0544. The summed E-state index contributed by atoms with van der Waals surface area (Å²) in [6.45, 7) is 5.77. The molecule has 2 amide bonds. The van der Waals surface area contributed by atoms with Gasteiger partial charge in [-0.25, -0.2) is 4.79 Å². The maximum absolute atomic E-state index is 12.6. The fraction of sp³-hybridized carbons (Fsp3) is 0.737. The molecular formula is C19H27N3O5S. The van der Waals surface area contributed by atoms with Crippen LogP contribution in [0.4, 0.5) is 0 Å². The van der Waals surface area contributed by atoms with E-state index in [0.29, 0.717) is 17.9 Å². The number of rotatable bonds is 5. The Labute approximate surface area is 168 Å². The van der Waals surface area contributed by atoms with Crippen LogP contribution in [-0.4, -0.2) is 80.9 Å². The molecular weight excluding hydrogens is 382 g/mol. The number of nitrogens with zero attached hydrogens (tertiary/aromatic N) is 2. The molecule has 5 unspecified atom stereocenters. The van der Waals surface area contributed by atoms with Gasteiger partial charge in [0.05, 0.1) is 24.1 Å². The highest BCUT2D eigenvalue weighted by Gasteiger charge is 2.60. The first kappa shape index (κ1) is 19.7. The van der Waals surface area contributed by atoms with E-state index >= 15 is 0 Å². The van der Waals surface area contributed by atoms with Crippen molar-refractivity contribution in [3.8, 4) is 0 Å². The Hall–Kier alpha value is -1.58. The first-order valence-electron chi connectivity index (χ1n) is 9.98. The van der Waals surface area contributed by atoms with Gasteiger partial charge in [0.15, 0.2) is 0 Å². The van der Waals surface area contributed by atoms with Crippen LogP contribution in [0.25, 0.3) is 0 Å². The topological polar surface area (TPSA) is 110 Å². The van der Waals surface area contributed by atoms with Crippen molar-refractivity contribution < 1.29 is 24.6 Å². The van der Waals surface area contributed by atoms with Gasteiger partial charge in [-0.1, -0.05) is 6.92 Å². The van der Waals surface area contributed by atoms with Crippen molar-refractivity contribution in [3.05, 3.63) is 10.6 Å². The molecule has 0 saturated carbocycles. The zero-order valence-electron chi connectivity index (χ0n) is 16.1. The molecule has 4 aliphatic heterocycles. The van der Waals surface area contributed by atoms with Gasteiger partial charge in [-0.15, -0.1) is 11.8 Å². The van der Waals surface area contributed by atoms with Crippen molar-refractivity contribution in [1.82, 2.24) is 15.1 Å². The molecule has 4 aliphatic rings. The second kappa shape index (κ2) is 7.35. The van der Waals surface area contributed by atoms with Crippen LogP contribution >= 0.6 is 11.8 Å². The molecule has 3 fully saturated rings. The van der Waals surface area contributed by atoms with E-state index < -0.39 is 18.0 Å². The molecule has 4 heterocycles. The van der Waals surface area contributed by atoms with Crippen LogP contribution in [0.1, 0.15) is 33.1 Å². The van der Waals surface area contributed by atoms with Gasteiger partial charge in [0, 0.05) is 35.7 Å². The number of likely N-dealkylation sites (tertiary alicyclic amines) is 1. The number of fused-ring (bicyclic) bond motifs is 1. The molecule has 3 saturated heterocycles. The molecule has 9 heteroatoms. The number of carbonyl (C=O) groups is 3. The van der Waals surface area contributed by atoms with Gasteiger partial charge < -0.3 is 25.3 Å². The van der Waals surface area contributed by atoms with E-state index in [1.807, 2.05) is 11.8 Å². The maximum Gasteiger partial charge on any atom is 0.353 e. The molecule has 154 valence electrons. The molecule has 8 nitrogen and oxygen atoms in total. The maximum atomic E-state index is 12.6. The monoisotopic (exact) mass is 409 g/mol. The number of thioether (sulfide) groups is 1. The second-order valence-corrected chi connectivity index (χ2v) is 9.58. The normalized spacial score (nSPS) is 36.0. The van der Waals surface area contributed by atoms with Crippen LogP contribution in [0.5, 0.6) is 0 Å². The number of carbonyl (C=O) groups excluding carboxylic acids is 2. The molecule has 0 spiro atoms. The number of aliphatic hydroxyl groups excluding tert-OH is 1. The summed E-state index contributed by atoms with van der Waals surface area (Å²) >= 11 is 1.48. The molecule has 3 N–H and O–H groups in total. The molecule has 0 aromatic rings. The lowest BCUT2D eigenvalue weighted by molar-refractivity contribution is -0.163. The predicted octanol–water partition coefficient (Wildman–Crippen LogP) is 0.226. The zero-order valence-corrected chi connectivity index (χ0v) is 16.9. The molecule has 0 aromatic carbocycles. The van der Waals surface area contributed by atoms with Crippen molar-refractivity contribution >= 4 is 29.5 Å². The molecule has 28 heavy (non-hydrogen) atoms. The number of nitrogens with one attached hydrogen (secondary N) is 1. The fourth-order valence-electron chi connectivity index (χ4n) is 5.00. The van der Waals surface area contributed by atoms with Gasteiger partial charge >= 0.3 is 5.97 Å². The number of amides is 2. The van der Waals surface area contributed by atoms with Gasteiger partial charge in [-0.3, -0.25) is 9.59 Å². The first-order valence-corrected chi connectivity index (χ1v) is 10.9. The largest absolute Gasteiger partial charge is 0.477 e. The number of carboxylic acids is 1. The quantitative estimate of drug-likeness (QED) is 0.558. The van der Waals surface area contributed by atoms with Crippen molar-refractivity contribution in [2.45, 2.75) is 56.5 Å². The Morgan fingerprint density at radius 3 is 2.57 bits per heavy atom. The van der Waals surface area contributed by atoms with Crippen molar-refractivity contribution in [2.24, 2.45) is 11.8 Å². The van der Waals surface area contributed by atoms with Gasteiger partial charge in [-0.05, 0) is 26.2 Å². The minimum Gasteiger partial charge on any atom is -0.477 e. The van der Waals surface area contributed by atoms with Gasteiger partial charge in [0.2, 0.25) is 11.8 Å². The molecule has 0 aliphatic carbocycles. The number of hydrogen-bond donors (Lipinski definition) is 3. The van der Waals surface area contributed by atoms with Crippen molar-refractivity contribution in [2.75, 3.05) is 19.6 Å². The molecule has 0 aromatic heterocycles. The van der Waals surface area contributed by atoms with Crippen LogP contribution < -0.4 is 5.32 Å². The SMILES string of the molecule is CC(O)C1C(=O)N2C(C(=O)O)=C(SC3CNC(C(=O)N4CCCC4)C3)C(C)[C@@H]12. The average Bonchev–Trinajstić information content (AvgIpc) is 3.35. The Balaban J connectivity index is 1.47. The van der Waals surface area contributed by atoms with E-state index in [9.17, 15) is 24.6 Å². The van der Waals surface area contributed by atoms with Crippen molar-refractivity contribution in [3.63, 3.8) is 0 Å². The summed E-state index contributed by atoms with van der Waals surface area (Å²) in [5.74, 6) is -1.97. The summed E-state index contributed by atoms with van der Waals surface area (Å²) in [5, 5.41) is 23.0. The lowest BCUT2D eigenvalue weighted by Gasteiger charge is -2.46. The van der Waals surface area contributed by atoms with Crippen LogP contribution in [0, 0.1) is 11.8 Å². The average molecular weight is 410 g/mol. The van der Waals surface area contributed by atoms with E-state index in [2.05, 4.69) is 5.32 Å². The highest BCUT2D eigenvalue weighted by molar-refractivity contribution is 8.03. The van der Waals surface area contributed by atoms with Gasteiger partial charge in [-0.2, -0.15) is 0 Å². The Morgan fingerprint density at radius 2 is 1.96 bits per heavy atom. The number of β-lactam (4-membered cyclic amide) rings is 1. The van der Waals surface area contributed by atoms with E-state index in [0.717, 1.165) is 25.9 Å². The number of carboxylic acid groups (broad SMARTS) is 1. The van der Waals surface area contributed by atoms with Crippen LogP contribution in [0.3, 0.4) is 0 Å². The zero-order chi connectivity index (χ0) is 20.2. The summed E-state index contributed by atoms with van der Waals surface area (Å²) in [7, 11) is 0. The summed E-state index contributed by atoms with van der Waals surface area (Å²) < 4.78 is 0. The predicted molar refractivity (Wildman–Crippen MR) is 103 cm³/mol. The standard InChI is InChI=1S/C19H27N3O5S/c1-9-14-13(10(2)23)18(25)22(14)15(19(26)27)16(9)28-11-7-12(20-8-11)17(24)21-5-3-4-6-21/h9-14,20,23H,3-8H2,1-2H3,(H,26,27)/t9?,10?,11?,12?,13?,14-/m0/s1. The van der Waals surface area contributed by atoms with Gasteiger partial charge in [0.1, 0.15) is 5.70 Å². The van der Waals surface area contributed by atoms with E-state index in [1.165, 1.54) is 16.7 Å². The summed E-state index contributed by atoms with van der Waals surface area (Å²) in [6.07, 6.45) is 1.96. The Morgan fingerprint density at radius 1 is 1.29 bits per heavy atom. The highest BCUT2D eigenvalue weighted by atomic mass is 32.2. The number of aliphatic carboxylic acids is 1. The number of hydrogen-bond acceptors (Lipinski definition) is 6. The van der Waals surface area contributed by atoms with E-state index in [1.54, 1.807) is 6.92 Å². The number of aliphatic hydroxyl groups is 1. The fourth-order valence-corrected chi connectivity index (χ4v) is 6.48. The molecule has 6 atom stereocenters. The lowest BCUT2D eigenvalue weighted by Crippen LogP contribution is -2.63. The third kappa shape index (κ3) is 3.04. The third-order valence-corrected chi connectivity index (χ3v) is 7.92. The first-order chi connectivity index (χ1) is 13.3. The summed E-state index contributed by atoms with van der Waals surface area (Å²) in [6, 6.07) is -0.512. The third-order valence-electron chi connectivity index (χ3n) is 6.41. The minimum atomic E-state index is -1.11. The smallest absolute Gasteiger partial charge is 0.353 e. The lowest BCUT2D eigenvalue weighted by atomic mass is 9.79. The van der Waals surface area contributed by atoms with E-state index in [4.69, 9.17) is 0 Å². The van der Waals surface area contributed by atoms with Crippen LogP contribution in [0.2, 0.25) is 0 Å². The highest BCUT2D eigenvalue weighted by Crippen LogP contribution is 2.51. The summed E-state index contributed by atoms with van der Waals surface area (Å²) in [5.41, 5.74) is 0.0544. The Bertz CT molecular complexity index is 733. The molecule has 0 radical (unpaired) electrons. The molecule has 0 bridgehead atoms. The van der Waals surface area contributed by atoms with Crippen LogP contribution in [0.15, 0.2) is 10.6 Å².